The smallest absolute Gasteiger partial charge is 0.257 e. The molecule has 0 atom stereocenters. The highest BCUT2D eigenvalue weighted by atomic mass is 16.5. The topological polar surface area (TPSA) is 32.8 Å². The van der Waals surface area contributed by atoms with Crippen LogP contribution < -0.4 is 4.74 Å². The van der Waals surface area contributed by atoms with E-state index in [0.29, 0.717) is 18.7 Å². The number of carbonyl (C=O) groups excluding carboxylic acids is 1. The number of carbonyl (C=O) groups is 1. The van der Waals surface area contributed by atoms with Crippen molar-refractivity contribution in [2.24, 2.45) is 0 Å². The van der Waals surface area contributed by atoms with E-state index in [1.165, 1.54) is 11.1 Å². The van der Waals surface area contributed by atoms with E-state index >= 15 is 0 Å². The molecule has 0 aromatic heterocycles. The van der Waals surface area contributed by atoms with E-state index in [9.17, 15) is 4.79 Å². The summed E-state index contributed by atoms with van der Waals surface area (Å²) in [7, 11) is 0. The highest BCUT2D eigenvalue weighted by Gasteiger charge is 2.35. The first-order valence-electron chi connectivity index (χ1n) is 11.5. The van der Waals surface area contributed by atoms with Gasteiger partial charge in [-0.05, 0) is 36.6 Å². The minimum Gasteiger partial charge on any atom is -0.486 e. The van der Waals surface area contributed by atoms with Gasteiger partial charge in [0, 0.05) is 32.6 Å². The van der Waals surface area contributed by atoms with Crippen LogP contribution in [0.1, 0.15) is 46.9 Å². The number of hydrogen-bond acceptors (Lipinski definition) is 3. The van der Waals surface area contributed by atoms with Crippen molar-refractivity contribution in [1.29, 1.82) is 0 Å². The Kier molecular flexibility index (Phi) is 5.48. The third-order valence-electron chi connectivity index (χ3n) is 6.52. The molecule has 0 aliphatic carbocycles. The number of ether oxygens (including phenoxy) is 1. The number of rotatable bonds is 4. The average Bonchev–Trinajstić information content (AvgIpc) is 3.14. The summed E-state index contributed by atoms with van der Waals surface area (Å²) in [6.07, 6.45) is 0.840. The molecule has 4 nitrogen and oxygen atoms in total. The Bertz CT molecular complexity index is 1050. The molecular formula is C28H30N2O2. The Hall–Kier alpha value is -3.11. The molecule has 2 aliphatic heterocycles. The monoisotopic (exact) mass is 426 g/mol. The van der Waals surface area contributed by atoms with Crippen LogP contribution in [0, 0.1) is 0 Å². The Morgan fingerprint density at radius 2 is 1.41 bits per heavy atom. The van der Waals surface area contributed by atoms with Gasteiger partial charge in [-0.3, -0.25) is 9.69 Å². The number of hydrogen-bond donors (Lipinski definition) is 0. The van der Waals surface area contributed by atoms with Gasteiger partial charge in [-0.15, -0.1) is 0 Å². The van der Waals surface area contributed by atoms with Crippen LogP contribution in [-0.2, 0) is 6.42 Å². The Morgan fingerprint density at radius 3 is 2.00 bits per heavy atom. The highest BCUT2D eigenvalue weighted by Crippen LogP contribution is 2.38. The van der Waals surface area contributed by atoms with Gasteiger partial charge in [-0.25, -0.2) is 0 Å². The number of para-hydroxylation sites is 1. The normalized spacial score (nSPS) is 17.8. The molecule has 0 radical (unpaired) electrons. The first-order chi connectivity index (χ1) is 15.5. The first-order valence-corrected chi connectivity index (χ1v) is 11.5. The lowest BCUT2D eigenvalue weighted by atomic mass is 9.96. The van der Waals surface area contributed by atoms with E-state index in [-0.39, 0.29) is 17.6 Å². The minimum atomic E-state index is -0.254. The second kappa shape index (κ2) is 8.44. The van der Waals surface area contributed by atoms with Crippen molar-refractivity contribution in [2.45, 2.75) is 31.9 Å². The zero-order valence-corrected chi connectivity index (χ0v) is 18.8. The number of amides is 1. The van der Waals surface area contributed by atoms with E-state index in [0.717, 1.165) is 30.8 Å². The lowest BCUT2D eigenvalue weighted by Crippen LogP contribution is -2.50. The van der Waals surface area contributed by atoms with Crippen molar-refractivity contribution in [1.82, 2.24) is 9.80 Å². The average molecular weight is 427 g/mol. The molecule has 3 aromatic carbocycles. The molecule has 2 heterocycles. The third-order valence-corrected chi connectivity index (χ3v) is 6.52. The largest absolute Gasteiger partial charge is 0.486 e. The molecule has 164 valence electrons. The van der Waals surface area contributed by atoms with Gasteiger partial charge in [-0.1, -0.05) is 72.8 Å². The van der Waals surface area contributed by atoms with Gasteiger partial charge in [-0.2, -0.15) is 0 Å². The van der Waals surface area contributed by atoms with Gasteiger partial charge < -0.3 is 9.64 Å². The molecule has 1 saturated heterocycles. The lowest BCUT2D eigenvalue weighted by molar-refractivity contribution is 0.0588. The van der Waals surface area contributed by atoms with Crippen molar-refractivity contribution in [3.8, 4) is 5.75 Å². The summed E-state index contributed by atoms with van der Waals surface area (Å²) >= 11 is 0. The predicted octanol–water partition coefficient (Wildman–Crippen LogP) is 4.95. The zero-order valence-electron chi connectivity index (χ0n) is 18.8. The Balaban J connectivity index is 1.34. The maximum absolute atomic E-state index is 13.4. The summed E-state index contributed by atoms with van der Waals surface area (Å²) in [5, 5.41) is 0. The molecule has 3 aromatic rings. The summed E-state index contributed by atoms with van der Waals surface area (Å²) in [5.74, 6) is 0.853. The van der Waals surface area contributed by atoms with Crippen LogP contribution in [0.2, 0.25) is 0 Å². The van der Waals surface area contributed by atoms with Crippen molar-refractivity contribution in [3.63, 3.8) is 0 Å². The Morgan fingerprint density at radius 1 is 0.812 bits per heavy atom. The minimum absolute atomic E-state index is 0.0789. The lowest BCUT2D eigenvalue weighted by Gasteiger charge is -2.40. The van der Waals surface area contributed by atoms with Crippen LogP contribution in [0.25, 0.3) is 0 Å². The molecule has 0 N–H and O–H groups in total. The molecule has 0 spiro atoms. The number of nitrogens with zero attached hydrogens (tertiary/aromatic N) is 2. The van der Waals surface area contributed by atoms with Crippen LogP contribution in [0.3, 0.4) is 0 Å². The number of fused-ring (bicyclic) bond motifs is 1. The fraction of sp³-hybridized carbons (Fsp3) is 0.321. The van der Waals surface area contributed by atoms with Crippen LogP contribution >= 0.6 is 0 Å². The summed E-state index contributed by atoms with van der Waals surface area (Å²) < 4.78 is 6.15. The highest BCUT2D eigenvalue weighted by molar-refractivity contribution is 5.97. The van der Waals surface area contributed by atoms with E-state index < -0.39 is 0 Å². The molecular weight excluding hydrogens is 396 g/mol. The molecule has 0 saturated carbocycles. The molecule has 2 aliphatic rings. The second-order valence-corrected chi connectivity index (χ2v) is 9.38. The quantitative estimate of drug-likeness (QED) is 0.592. The third kappa shape index (κ3) is 4.03. The van der Waals surface area contributed by atoms with Gasteiger partial charge >= 0.3 is 0 Å². The molecule has 1 fully saturated rings. The maximum Gasteiger partial charge on any atom is 0.257 e. The SMILES string of the molecule is CC1(C)Cc2cccc(C(=O)N3CCN(C(c4ccccc4)c4ccccc4)CC3)c2O1. The molecule has 0 bridgehead atoms. The standard InChI is InChI=1S/C28H30N2O2/c1-28(2)20-23-14-9-15-24(26(23)32-28)27(31)30-18-16-29(17-19-30)25(21-10-5-3-6-11-21)22-12-7-4-8-13-22/h3-15,25H,16-20H2,1-2H3. The molecule has 4 heteroatoms. The summed E-state index contributed by atoms with van der Waals surface area (Å²) in [6, 6.07) is 27.5. The second-order valence-electron chi connectivity index (χ2n) is 9.38. The van der Waals surface area contributed by atoms with E-state index in [4.69, 9.17) is 4.74 Å². The van der Waals surface area contributed by atoms with Crippen molar-refractivity contribution in [3.05, 3.63) is 101 Å². The number of benzene rings is 3. The molecule has 1 amide bonds. The molecule has 0 unspecified atom stereocenters. The predicted molar refractivity (Wildman–Crippen MR) is 127 cm³/mol. The molecule has 32 heavy (non-hydrogen) atoms. The van der Waals surface area contributed by atoms with E-state index in [2.05, 4.69) is 85.5 Å². The van der Waals surface area contributed by atoms with Crippen LogP contribution in [0.5, 0.6) is 5.75 Å². The van der Waals surface area contributed by atoms with Gasteiger partial charge in [0.1, 0.15) is 11.4 Å². The van der Waals surface area contributed by atoms with Crippen LogP contribution in [0.4, 0.5) is 0 Å². The van der Waals surface area contributed by atoms with E-state index in [1.54, 1.807) is 0 Å². The van der Waals surface area contributed by atoms with Crippen molar-refractivity contribution >= 4 is 5.91 Å². The maximum atomic E-state index is 13.4. The van der Waals surface area contributed by atoms with Crippen molar-refractivity contribution < 1.29 is 9.53 Å². The fourth-order valence-electron chi connectivity index (χ4n) is 5.02. The van der Waals surface area contributed by atoms with Gasteiger partial charge in [0.15, 0.2) is 0 Å². The molecule has 5 rings (SSSR count). The van der Waals surface area contributed by atoms with Crippen LogP contribution in [0.15, 0.2) is 78.9 Å². The first kappa shape index (κ1) is 20.8. The van der Waals surface area contributed by atoms with Gasteiger partial charge in [0.25, 0.3) is 5.91 Å². The summed E-state index contributed by atoms with van der Waals surface area (Å²) in [4.78, 5) is 17.9. The fourth-order valence-corrected chi connectivity index (χ4v) is 5.02. The summed E-state index contributed by atoms with van der Waals surface area (Å²) in [5.41, 5.74) is 4.15. The van der Waals surface area contributed by atoms with E-state index in [1.807, 2.05) is 17.0 Å². The van der Waals surface area contributed by atoms with Gasteiger partial charge in [0.05, 0.1) is 11.6 Å². The van der Waals surface area contributed by atoms with Gasteiger partial charge in [0.2, 0.25) is 0 Å². The van der Waals surface area contributed by atoms with Crippen molar-refractivity contribution in [2.75, 3.05) is 26.2 Å². The summed E-state index contributed by atoms with van der Waals surface area (Å²) in [6.45, 7) is 7.24. The number of piperazine rings is 1. The Labute approximate surface area is 190 Å². The zero-order chi connectivity index (χ0) is 22.1. The van der Waals surface area contributed by atoms with Crippen LogP contribution in [-0.4, -0.2) is 47.5 Å².